The van der Waals surface area contributed by atoms with E-state index in [1.165, 1.54) is 22.9 Å². The van der Waals surface area contributed by atoms with Crippen LogP contribution in [0.2, 0.25) is 0 Å². The highest BCUT2D eigenvalue weighted by atomic mass is 19.4. The van der Waals surface area contributed by atoms with Crippen molar-refractivity contribution in [3.63, 3.8) is 0 Å². The largest absolute Gasteiger partial charge is 0.453 e. The van der Waals surface area contributed by atoms with Crippen LogP contribution < -0.4 is 0 Å². The summed E-state index contributed by atoms with van der Waals surface area (Å²) in [7, 11) is 0. The van der Waals surface area contributed by atoms with Gasteiger partial charge in [-0.3, -0.25) is 9.69 Å². The zero-order valence-electron chi connectivity index (χ0n) is 21.8. The smallest absolute Gasteiger partial charge is 0.340 e. The first-order chi connectivity index (χ1) is 19.0. The highest BCUT2D eigenvalue weighted by Gasteiger charge is 2.37. The Hall–Kier alpha value is -4.38. The fourth-order valence-electron chi connectivity index (χ4n) is 4.86. The zero-order valence-corrected chi connectivity index (χ0v) is 21.8. The van der Waals surface area contributed by atoms with Gasteiger partial charge < -0.3 is 4.90 Å². The third kappa shape index (κ3) is 5.37. The Bertz CT molecular complexity index is 1610. The zero-order chi connectivity index (χ0) is 28.6. The van der Waals surface area contributed by atoms with Crippen LogP contribution in [-0.2, 0) is 23.9 Å². The van der Waals surface area contributed by atoms with Crippen molar-refractivity contribution in [3.05, 3.63) is 70.1 Å². The molecule has 0 radical (unpaired) electrons. The van der Waals surface area contributed by atoms with Gasteiger partial charge in [-0.15, -0.1) is 15.3 Å². The molecule has 3 aromatic heterocycles. The number of rotatable bonds is 6. The molecule has 1 saturated heterocycles. The molecule has 5 rings (SSSR count). The number of benzene rings is 1. The van der Waals surface area contributed by atoms with Crippen molar-refractivity contribution in [2.75, 3.05) is 26.2 Å². The first-order valence-electron chi connectivity index (χ1n) is 12.6. The quantitative estimate of drug-likeness (QED) is 0.336. The molecule has 0 saturated carbocycles. The van der Waals surface area contributed by atoms with E-state index in [0.717, 1.165) is 5.56 Å². The Morgan fingerprint density at radius 2 is 1.80 bits per heavy atom. The summed E-state index contributed by atoms with van der Waals surface area (Å²) < 4.78 is 56.2. The second kappa shape index (κ2) is 10.6. The first-order valence-corrected chi connectivity index (χ1v) is 12.6. The number of carbonyl (C=O) groups excluding carboxylic acids is 1. The highest BCUT2D eigenvalue weighted by Crippen LogP contribution is 2.28. The maximum Gasteiger partial charge on any atom is 0.453 e. The van der Waals surface area contributed by atoms with E-state index in [4.69, 9.17) is 5.26 Å². The number of piperazine rings is 1. The van der Waals surface area contributed by atoms with Gasteiger partial charge in [-0.25, -0.2) is 9.07 Å². The Morgan fingerprint density at radius 1 is 1.05 bits per heavy atom. The fourth-order valence-corrected chi connectivity index (χ4v) is 4.86. The summed E-state index contributed by atoms with van der Waals surface area (Å²) in [6.07, 6.45) is -4.06. The number of nitriles is 1. The third-order valence-corrected chi connectivity index (χ3v) is 7.05. The maximum absolute atomic E-state index is 14.2. The van der Waals surface area contributed by atoms with Crippen molar-refractivity contribution < 1.29 is 22.4 Å². The summed E-state index contributed by atoms with van der Waals surface area (Å²) >= 11 is 0. The average molecular weight is 556 g/mol. The Kier molecular flexibility index (Phi) is 7.24. The van der Waals surface area contributed by atoms with E-state index in [9.17, 15) is 22.4 Å². The number of nitrogens with zero attached hydrogens (tertiary/aromatic N) is 9. The van der Waals surface area contributed by atoms with Gasteiger partial charge in [0.25, 0.3) is 5.82 Å². The van der Waals surface area contributed by atoms with Gasteiger partial charge in [0.2, 0.25) is 5.91 Å². The summed E-state index contributed by atoms with van der Waals surface area (Å²) in [5.41, 5.74) is 2.90. The van der Waals surface area contributed by atoms with E-state index in [0.29, 0.717) is 60.6 Å². The number of alkyl halides is 3. The minimum atomic E-state index is -4.71. The number of halogens is 4. The van der Waals surface area contributed by atoms with Crippen molar-refractivity contribution in [2.24, 2.45) is 0 Å². The van der Waals surface area contributed by atoms with Gasteiger partial charge in [0.1, 0.15) is 5.82 Å². The van der Waals surface area contributed by atoms with Gasteiger partial charge in [0.15, 0.2) is 11.5 Å². The molecule has 0 unspecified atom stereocenters. The molecule has 40 heavy (non-hydrogen) atoms. The normalized spacial score (nSPS) is 14.6. The molecule has 208 valence electrons. The number of aromatic nitrogens is 6. The van der Waals surface area contributed by atoms with Gasteiger partial charge in [0.05, 0.1) is 17.3 Å². The number of hydrogen-bond acceptors (Lipinski definition) is 7. The topological polar surface area (TPSA) is 108 Å². The van der Waals surface area contributed by atoms with E-state index in [1.807, 2.05) is 6.07 Å². The molecule has 0 aliphatic carbocycles. The van der Waals surface area contributed by atoms with Crippen LogP contribution in [0.25, 0.3) is 11.5 Å². The Balaban J connectivity index is 1.21. The summed E-state index contributed by atoms with van der Waals surface area (Å²) in [5, 5.41) is 24.1. The fraction of sp³-hybridized carbons (Fsp3) is 0.385. The molecule has 4 heterocycles. The lowest BCUT2D eigenvalue weighted by atomic mass is 10.1. The van der Waals surface area contributed by atoms with Crippen molar-refractivity contribution >= 4 is 11.6 Å². The minimum absolute atomic E-state index is 0.0189. The number of aryl methyl sites for hydroxylation is 1. The molecule has 1 aliphatic heterocycles. The second-order valence-corrected chi connectivity index (χ2v) is 9.62. The third-order valence-electron chi connectivity index (χ3n) is 7.05. The van der Waals surface area contributed by atoms with Crippen LogP contribution in [0.1, 0.15) is 40.3 Å². The SMILES string of the molecule is Cc1nn(-c2ccc3nnc(C(F)(F)F)n3n2)c(C)c1CCC(=O)N1CCN(Cc2ccc(C#N)cc2F)CC1. The van der Waals surface area contributed by atoms with E-state index >= 15 is 0 Å². The molecule has 4 aromatic rings. The van der Waals surface area contributed by atoms with Gasteiger partial charge in [-0.2, -0.15) is 28.0 Å². The molecule has 0 bridgehead atoms. The number of hydrogen-bond donors (Lipinski definition) is 0. The molecule has 14 heteroatoms. The lowest BCUT2D eigenvalue weighted by Gasteiger charge is -2.35. The molecule has 10 nitrogen and oxygen atoms in total. The van der Waals surface area contributed by atoms with E-state index in [2.05, 4.69) is 25.3 Å². The monoisotopic (exact) mass is 555 g/mol. The molecule has 1 aromatic carbocycles. The van der Waals surface area contributed by atoms with Crippen molar-refractivity contribution in [1.82, 2.24) is 39.4 Å². The highest BCUT2D eigenvalue weighted by molar-refractivity contribution is 5.76. The predicted molar refractivity (Wildman–Crippen MR) is 134 cm³/mol. The van der Waals surface area contributed by atoms with Crippen LogP contribution >= 0.6 is 0 Å². The first kappa shape index (κ1) is 27.2. The lowest BCUT2D eigenvalue weighted by molar-refractivity contribution is -0.146. The van der Waals surface area contributed by atoms with Crippen LogP contribution in [0.4, 0.5) is 17.6 Å². The standard InChI is InChI=1S/C26H25F4N9O/c1-16-20(17(2)38(34-16)23-7-6-22-32-33-25(26(28,29)30)39(22)35-23)5-8-24(40)37-11-9-36(10-12-37)15-19-4-3-18(14-31)13-21(19)27/h3-4,6-7,13H,5,8-12,15H2,1-2H3. The summed E-state index contributed by atoms with van der Waals surface area (Å²) in [5.74, 6) is -1.49. The van der Waals surface area contributed by atoms with E-state index in [1.54, 1.807) is 30.9 Å². The van der Waals surface area contributed by atoms with Crippen LogP contribution in [0, 0.1) is 31.0 Å². The van der Waals surface area contributed by atoms with Crippen LogP contribution in [0.3, 0.4) is 0 Å². The molecule has 0 spiro atoms. The van der Waals surface area contributed by atoms with Crippen molar-refractivity contribution in [1.29, 1.82) is 5.26 Å². The number of fused-ring (bicyclic) bond motifs is 1. The molecule has 0 atom stereocenters. The molecule has 1 aliphatic rings. The molecule has 0 N–H and O–H groups in total. The van der Waals surface area contributed by atoms with Crippen LogP contribution in [0.15, 0.2) is 30.3 Å². The van der Waals surface area contributed by atoms with Crippen molar-refractivity contribution in [2.45, 2.75) is 39.4 Å². The van der Waals surface area contributed by atoms with E-state index < -0.39 is 17.8 Å². The van der Waals surface area contributed by atoms with Gasteiger partial charge >= 0.3 is 6.18 Å². The van der Waals surface area contributed by atoms with Gasteiger partial charge in [-0.05, 0) is 50.1 Å². The molecule has 1 fully saturated rings. The maximum atomic E-state index is 14.2. The van der Waals surface area contributed by atoms with Gasteiger partial charge in [-0.1, -0.05) is 6.07 Å². The molecule has 1 amide bonds. The van der Waals surface area contributed by atoms with Crippen LogP contribution in [0.5, 0.6) is 0 Å². The summed E-state index contributed by atoms with van der Waals surface area (Å²) in [6.45, 7) is 6.18. The van der Waals surface area contributed by atoms with Gasteiger partial charge in [0, 0.05) is 50.4 Å². The summed E-state index contributed by atoms with van der Waals surface area (Å²) in [4.78, 5) is 16.8. The second-order valence-electron chi connectivity index (χ2n) is 9.62. The van der Waals surface area contributed by atoms with Crippen molar-refractivity contribution in [3.8, 4) is 11.9 Å². The lowest BCUT2D eigenvalue weighted by Crippen LogP contribution is -2.48. The summed E-state index contributed by atoms with van der Waals surface area (Å²) in [6, 6.07) is 9.26. The van der Waals surface area contributed by atoms with Crippen LogP contribution in [-0.4, -0.2) is 71.5 Å². The molecular weight excluding hydrogens is 530 g/mol. The number of carbonyl (C=O) groups is 1. The average Bonchev–Trinajstić information content (AvgIpc) is 3.48. The Labute approximate surface area is 226 Å². The minimum Gasteiger partial charge on any atom is -0.340 e. The predicted octanol–water partition coefficient (Wildman–Crippen LogP) is 3.23. The van der Waals surface area contributed by atoms with E-state index in [-0.39, 0.29) is 29.4 Å². The number of amides is 1. The Morgan fingerprint density at radius 3 is 2.48 bits per heavy atom. The molecular formula is C26H25F4N9O.